The van der Waals surface area contributed by atoms with Gasteiger partial charge in [0.2, 0.25) is 0 Å². The molecule has 0 spiro atoms. The summed E-state index contributed by atoms with van der Waals surface area (Å²) in [4.78, 5) is 2.26. The van der Waals surface area contributed by atoms with E-state index in [1.807, 2.05) is 72.8 Å². The standard InChI is InChI=1S/C19H17N.C12H11N.C7H7I/c1-16-12-14-19(15-13-16)20(17-8-4-2-5-9-17)18-10-6-3-7-11-18;1-3-7-11(8-4-1)13-12-9-5-2-6-10-12;1-6-2-4-7(8)5-3-6/h2-15H,1H3;1-10,13H;2-5H,1H3. The average molecular weight is 647 g/mol. The Kier molecular flexibility index (Phi) is 11.6. The zero-order chi connectivity index (χ0) is 28.7. The van der Waals surface area contributed by atoms with Crippen molar-refractivity contribution in [3.05, 3.63) is 185 Å². The van der Waals surface area contributed by atoms with E-state index in [2.05, 4.69) is 144 Å². The highest BCUT2D eigenvalue weighted by Gasteiger charge is 2.10. The Morgan fingerprint density at radius 3 is 1.07 bits per heavy atom. The lowest BCUT2D eigenvalue weighted by molar-refractivity contribution is 1.27. The van der Waals surface area contributed by atoms with Crippen molar-refractivity contribution < 1.29 is 0 Å². The average Bonchev–Trinajstić information content (AvgIpc) is 3.03. The van der Waals surface area contributed by atoms with Crippen molar-refractivity contribution >= 4 is 51.0 Å². The van der Waals surface area contributed by atoms with E-state index in [1.54, 1.807) is 0 Å². The third-order valence-corrected chi connectivity index (χ3v) is 6.89. The summed E-state index contributed by atoms with van der Waals surface area (Å²) in [5.74, 6) is 0. The molecule has 0 fully saturated rings. The molecule has 41 heavy (non-hydrogen) atoms. The van der Waals surface area contributed by atoms with Crippen LogP contribution in [0, 0.1) is 17.4 Å². The van der Waals surface area contributed by atoms with Crippen LogP contribution in [0.15, 0.2) is 170 Å². The SMILES string of the molecule is Cc1ccc(I)cc1.Cc1ccc(N(c2ccccc2)c2ccccc2)cc1.c1ccc(Nc2ccccc2)cc1. The van der Waals surface area contributed by atoms with E-state index in [-0.39, 0.29) is 0 Å². The van der Waals surface area contributed by atoms with E-state index in [9.17, 15) is 0 Å². The summed E-state index contributed by atoms with van der Waals surface area (Å²) >= 11 is 2.30. The molecule has 6 aromatic carbocycles. The Morgan fingerprint density at radius 2 is 0.707 bits per heavy atom. The molecule has 0 aromatic heterocycles. The molecular formula is C38H35IN2. The quantitative estimate of drug-likeness (QED) is 0.188. The van der Waals surface area contributed by atoms with E-state index < -0.39 is 0 Å². The minimum absolute atomic E-state index is 1.12. The summed E-state index contributed by atoms with van der Waals surface area (Å²) in [5.41, 5.74) is 8.35. The van der Waals surface area contributed by atoms with Gasteiger partial charge in [-0.2, -0.15) is 0 Å². The smallest absolute Gasteiger partial charge is 0.0461 e. The van der Waals surface area contributed by atoms with Crippen molar-refractivity contribution in [1.29, 1.82) is 0 Å². The van der Waals surface area contributed by atoms with Crippen LogP contribution in [0.3, 0.4) is 0 Å². The molecule has 0 saturated carbocycles. The zero-order valence-corrected chi connectivity index (χ0v) is 25.6. The summed E-state index contributed by atoms with van der Waals surface area (Å²) in [6.07, 6.45) is 0. The van der Waals surface area contributed by atoms with Crippen LogP contribution in [0.1, 0.15) is 11.1 Å². The van der Waals surface area contributed by atoms with E-state index >= 15 is 0 Å². The van der Waals surface area contributed by atoms with Crippen molar-refractivity contribution in [3.8, 4) is 0 Å². The highest BCUT2D eigenvalue weighted by atomic mass is 127. The summed E-state index contributed by atoms with van der Waals surface area (Å²) < 4.78 is 1.30. The number of hydrogen-bond acceptors (Lipinski definition) is 2. The van der Waals surface area contributed by atoms with Crippen LogP contribution in [0.5, 0.6) is 0 Å². The Morgan fingerprint density at radius 1 is 0.390 bits per heavy atom. The number of rotatable bonds is 5. The number of anilines is 5. The zero-order valence-electron chi connectivity index (χ0n) is 23.5. The Hall–Kier alpha value is -4.35. The van der Waals surface area contributed by atoms with Crippen molar-refractivity contribution in [3.63, 3.8) is 0 Å². The highest BCUT2D eigenvalue weighted by Crippen LogP contribution is 2.33. The van der Waals surface area contributed by atoms with Gasteiger partial charge >= 0.3 is 0 Å². The second-order valence-corrected chi connectivity index (χ2v) is 10.7. The van der Waals surface area contributed by atoms with Crippen LogP contribution in [0.4, 0.5) is 28.4 Å². The molecule has 0 aliphatic rings. The normalized spacial score (nSPS) is 9.83. The van der Waals surface area contributed by atoms with Crippen molar-refractivity contribution in [2.24, 2.45) is 0 Å². The number of aryl methyl sites for hydroxylation is 2. The maximum absolute atomic E-state index is 3.30. The van der Waals surface area contributed by atoms with Crippen LogP contribution in [-0.2, 0) is 0 Å². The lowest BCUT2D eigenvalue weighted by Gasteiger charge is -2.25. The van der Waals surface area contributed by atoms with Crippen LogP contribution >= 0.6 is 22.6 Å². The third kappa shape index (κ3) is 9.96. The van der Waals surface area contributed by atoms with Gasteiger partial charge in [0.25, 0.3) is 0 Å². The first kappa shape index (κ1) is 29.6. The largest absolute Gasteiger partial charge is 0.356 e. The fourth-order valence-corrected chi connectivity index (χ4v) is 4.40. The van der Waals surface area contributed by atoms with E-state index in [1.165, 1.54) is 31.8 Å². The second-order valence-electron chi connectivity index (χ2n) is 9.49. The molecule has 0 heterocycles. The first-order chi connectivity index (χ1) is 20.1. The summed E-state index contributed by atoms with van der Waals surface area (Å²) in [6, 6.07) is 58.2. The van der Waals surface area contributed by atoms with Crippen LogP contribution in [0.2, 0.25) is 0 Å². The lowest BCUT2D eigenvalue weighted by Crippen LogP contribution is -2.09. The maximum Gasteiger partial charge on any atom is 0.0461 e. The molecule has 6 aromatic rings. The van der Waals surface area contributed by atoms with E-state index in [4.69, 9.17) is 0 Å². The monoisotopic (exact) mass is 646 g/mol. The second kappa shape index (κ2) is 16.0. The fourth-order valence-electron chi connectivity index (χ4n) is 4.04. The molecule has 0 radical (unpaired) electrons. The van der Waals surface area contributed by atoms with Gasteiger partial charge in [-0.15, -0.1) is 0 Å². The fraction of sp³-hybridized carbons (Fsp3) is 0.0526. The van der Waals surface area contributed by atoms with Gasteiger partial charge in [-0.05, 0) is 109 Å². The minimum atomic E-state index is 1.12. The molecule has 0 unspecified atom stereocenters. The van der Waals surface area contributed by atoms with Crippen molar-refractivity contribution in [1.82, 2.24) is 0 Å². The first-order valence-electron chi connectivity index (χ1n) is 13.6. The van der Waals surface area contributed by atoms with Crippen molar-refractivity contribution in [2.45, 2.75) is 13.8 Å². The van der Waals surface area contributed by atoms with Crippen molar-refractivity contribution in [2.75, 3.05) is 10.2 Å². The Labute approximate surface area is 258 Å². The van der Waals surface area contributed by atoms with E-state index in [0.29, 0.717) is 0 Å². The molecule has 0 amide bonds. The molecule has 3 heteroatoms. The van der Waals surface area contributed by atoms with Gasteiger partial charge in [-0.1, -0.05) is 108 Å². The highest BCUT2D eigenvalue weighted by molar-refractivity contribution is 14.1. The summed E-state index contributed by atoms with van der Waals surface area (Å²) in [6.45, 7) is 4.20. The van der Waals surface area contributed by atoms with Gasteiger partial charge in [-0.3, -0.25) is 0 Å². The number of halogens is 1. The number of benzene rings is 6. The van der Waals surface area contributed by atoms with Gasteiger partial charge < -0.3 is 10.2 Å². The minimum Gasteiger partial charge on any atom is -0.356 e. The topological polar surface area (TPSA) is 15.3 Å². The summed E-state index contributed by atoms with van der Waals surface area (Å²) in [7, 11) is 0. The molecule has 1 N–H and O–H groups in total. The number of nitrogens with zero attached hydrogens (tertiary/aromatic N) is 1. The van der Waals surface area contributed by atoms with Gasteiger partial charge in [0.1, 0.15) is 0 Å². The first-order valence-corrected chi connectivity index (χ1v) is 14.7. The maximum atomic E-state index is 3.30. The Balaban J connectivity index is 0.000000158. The van der Waals surface area contributed by atoms with Crippen LogP contribution in [0.25, 0.3) is 0 Å². The summed E-state index contributed by atoms with van der Waals surface area (Å²) in [5, 5.41) is 3.30. The number of para-hydroxylation sites is 4. The van der Waals surface area contributed by atoms with E-state index in [0.717, 1.165) is 11.4 Å². The van der Waals surface area contributed by atoms with Gasteiger partial charge in [-0.25, -0.2) is 0 Å². The molecule has 2 nitrogen and oxygen atoms in total. The number of hydrogen-bond donors (Lipinski definition) is 1. The molecule has 0 aliphatic heterocycles. The predicted octanol–water partition coefficient (Wildman–Crippen LogP) is 11.5. The van der Waals surface area contributed by atoms with Gasteiger partial charge in [0, 0.05) is 32.0 Å². The van der Waals surface area contributed by atoms with Crippen LogP contribution < -0.4 is 10.2 Å². The Bertz CT molecular complexity index is 1440. The molecule has 0 saturated heterocycles. The number of nitrogens with one attached hydrogen (secondary N) is 1. The third-order valence-electron chi connectivity index (χ3n) is 6.17. The molecule has 204 valence electrons. The predicted molar refractivity (Wildman–Crippen MR) is 186 cm³/mol. The molecule has 0 atom stereocenters. The molecular weight excluding hydrogens is 611 g/mol. The van der Waals surface area contributed by atoms with Gasteiger partial charge in [0.15, 0.2) is 0 Å². The van der Waals surface area contributed by atoms with Crippen LogP contribution in [-0.4, -0.2) is 0 Å². The molecule has 0 bridgehead atoms. The molecule has 6 rings (SSSR count). The molecule has 0 aliphatic carbocycles. The lowest BCUT2D eigenvalue weighted by atomic mass is 10.1. The van der Waals surface area contributed by atoms with Gasteiger partial charge in [0.05, 0.1) is 0 Å².